The number of benzene rings is 1. The molecule has 6 nitrogen and oxygen atoms in total. The summed E-state index contributed by atoms with van der Waals surface area (Å²) in [5.41, 5.74) is 2.54. The van der Waals surface area contributed by atoms with Crippen molar-refractivity contribution in [1.82, 2.24) is 9.78 Å². The summed E-state index contributed by atoms with van der Waals surface area (Å²) in [6, 6.07) is 4.29. The molecular weight excluding hydrogens is 300 g/mol. The zero-order valence-electron chi connectivity index (χ0n) is 11.1. The minimum Gasteiger partial charge on any atom is -0.380 e. The molecule has 0 atom stereocenters. The van der Waals surface area contributed by atoms with Gasteiger partial charge < -0.3 is 5.32 Å². The van der Waals surface area contributed by atoms with Gasteiger partial charge in [0.15, 0.2) is 0 Å². The second-order valence-corrected chi connectivity index (χ2v) is 6.39. The SMILES string of the molecule is Cc1c(CNc2cc(S(N)(=O)=O)ccc2Cl)cnn1C. The third-order valence-corrected chi connectivity index (χ3v) is 4.31. The number of hydrogen-bond donors (Lipinski definition) is 2. The number of nitrogens with two attached hydrogens (primary N) is 1. The molecule has 0 aliphatic heterocycles. The first-order valence-corrected chi connectivity index (χ1v) is 7.75. The van der Waals surface area contributed by atoms with Crippen LogP contribution in [0.4, 0.5) is 5.69 Å². The largest absolute Gasteiger partial charge is 0.380 e. The minimum absolute atomic E-state index is 0.0207. The molecule has 108 valence electrons. The molecule has 0 aliphatic rings. The molecule has 8 heteroatoms. The van der Waals surface area contributed by atoms with E-state index < -0.39 is 10.0 Å². The second-order valence-electron chi connectivity index (χ2n) is 4.42. The molecule has 0 unspecified atom stereocenters. The van der Waals surface area contributed by atoms with Gasteiger partial charge >= 0.3 is 0 Å². The summed E-state index contributed by atoms with van der Waals surface area (Å²) in [5.74, 6) is 0. The van der Waals surface area contributed by atoms with Crippen LogP contribution < -0.4 is 10.5 Å². The summed E-state index contributed by atoms with van der Waals surface area (Å²) in [4.78, 5) is 0.0207. The van der Waals surface area contributed by atoms with Crippen LogP contribution in [-0.2, 0) is 23.6 Å². The summed E-state index contributed by atoms with van der Waals surface area (Å²) >= 11 is 6.04. The van der Waals surface area contributed by atoms with Crippen LogP contribution in [0.15, 0.2) is 29.3 Å². The molecular formula is C12H15ClN4O2S. The van der Waals surface area contributed by atoms with Gasteiger partial charge in [0, 0.05) is 24.8 Å². The first kappa shape index (κ1) is 14.8. The Morgan fingerprint density at radius 2 is 2.15 bits per heavy atom. The molecule has 0 saturated carbocycles. The standard InChI is InChI=1S/C12H15ClN4O2S/c1-8-9(7-16-17(8)2)6-15-12-5-10(20(14,18)19)3-4-11(12)13/h3-5,7,15H,6H2,1-2H3,(H2,14,18,19). The van der Waals surface area contributed by atoms with Crippen molar-refractivity contribution < 1.29 is 8.42 Å². The van der Waals surface area contributed by atoms with Gasteiger partial charge in [0.05, 0.1) is 21.8 Å². The molecule has 20 heavy (non-hydrogen) atoms. The highest BCUT2D eigenvalue weighted by atomic mass is 35.5. The number of hydrogen-bond acceptors (Lipinski definition) is 4. The van der Waals surface area contributed by atoms with Crippen molar-refractivity contribution in [3.8, 4) is 0 Å². The number of aryl methyl sites for hydroxylation is 1. The number of rotatable bonds is 4. The van der Waals surface area contributed by atoms with Crippen LogP contribution in [0.3, 0.4) is 0 Å². The highest BCUT2D eigenvalue weighted by Crippen LogP contribution is 2.25. The first-order chi connectivity index (χ1) is 9.29. The van der Waals surface area contributed by atoms with Gasteiger partial charge in [0.25, 0.3) is 0 Å². The maximum Gasteiger partial charge on any atom is 0.238 e. The third-order valence-electron chi connectivity index (χ3n) is 3.07. The van der Waals surface area contributed by atoms with Crippen LogP contribution in [0.25, 0.3) is 0 Å². The zero-order valence-corrected chi connectivity index (χ0v) is 12.7. The van der Waals surface area contributed by atoms with Crippen molar-refractivity contribution in [2.24, 2.45) is 12.2 Å². The van der Waals surface area contributed by atoms with E-state index in [1.54, 1.807) is 10.9 Å². The molecule has 0 fully saturated rings. The average Bonchev–Trinajstić information content (AvgIpc) is 2.68. The van der Waals surface area contributed by atoms with E-state index in [1.165, 1.54) is 18.2 Å². The van der Waals surface area contributed by atoms with Gasteiger partial charge in [-0.1, -0.05) is 11.6 Å². The molecule has 2 aromatic rings. The van der Waals surface area contributed by atoms with Crippen molar-refractivity contribution in [2.45, 2.75) is 18.4 Å². The Morgan fingerprint density at radius 3 is 2.70 bits per heavy atom. The molecule has 0 amide bonds. The van der Waals surface area contributed by atoms with Gasteiger partial charge in [-0.05, 0) is 25.1 Å². The molecule has 0 bridgehead atoms. The Balaban J connectivity index is 2.23. The van der Waals surface area contributed by atoms with Crippen LogP contribution in [0, 0.1) is 6.92 Å². The number of halogens is 1. The highest BCUT2D eigenvalue weighted by Gasteiger charge is 2.11. The van der Waals surface area contributed by atoms with Crippen molar-refractivity contribution in [1.29, 1.82) is 0 Å². The van der Waals surface area contributed by atoms with Crippen molar-refractivity contribution in [3.05, 3.63) is 40.7 Å². The fourth-order valence-corrected chi connectivity index (χ4v) is 2.45. The van der Waals surface area contributed by atoms with E-state index in [9.17, 15) is 8.42 Å². The first-order valence-electron chi connectivity index (χ1n) is 5.82. The molecule has 1 aromatic heterocycles. The molecule has 0 saturated heterocycles. The maximum atomic E-state index is 11.3. The van der Waals surface area contributed by atoms with Crippen LogP contribution in [0.1, 0.15) is 11.3 Å². The lowest BCUT2D eigenvalue weighted by molar-refractivity contribution is 0.598. The predicted octanol–water partition coefficient (Wildman–Crippen LogP) is 1.64. The Hall–Kier alpha value is -1.57. The lowest BCUT2D eigenvalue weighted by Gasteiger charge is -2.09. The smallest absolute Gasteiger partial charge is 0.238 e. The summed E-state index contributed by atoms with van der Waals surface area (Å²) in [7, 11) is -1.89. The summed E-state index contributed by atoms with van der Waals surface area (Å²) in [6.07, 6.45) is 1.75. The average molecular weight is 315 g/mol. The highest BCUT2D eigenvalue weighted by molar-refractivity contribution is 7.89. The number of sulfonamides is 1. The van der Waals surface area contributed by atoms with Crippen LogP contribution in [-0.4, -0.2) is 18.2 Å². The van der Waals surface area contributed by atoms with E-state index in [2.05, 4.69) is 10.4 Å². The Bertz CT molecular complexity index is 740. The topological polar surface area (TPSA) is 90.0 Å². The van der Waals surface area contributed by atoms with E-state index >= 15 is 0 Å². The van der Waals surface area contributed by atoms with Gasteiger partial charge in [0.2, 0.25) is 10.0 Å². The van der Waals surface area contributed by atoms with Crippen molar-refractivity contribution in [3.63, 3.8) is 0 Å². The van der Waals surface area contributed by atoms with Gasteiger partial charge in [0.1, 0.15) is 0 Å². The Kier molecular flexibility index (Phi) is 4.03. The Labute approximate surface area is 122 Å². The monoisotopic (exact) mass is 314 g/mol. The van der Waals surface area contributed by atoms with Crippen LogP contribution in [0.5, 0.6) is 0 Å². The Morgan fingerprint density at radius 1 is 1.45 bits per heavy atom. The summed E-state index contributed by atoms with van der Waals surface area (Å²) in [6.45, 7) is 2.44. The number of aromatic nitrogens is 2. The van der Waals surface area contributed by atoms with Gasteiger partial charge in [-0.2, -0.15) is 5.10 Å². The van der Waals surface area contributed by atoms with Crippen LogP contribution >= 0.6 is 11.6 Å². The third kappa shape index (κ3) is 3.12. The lowest BCUT2D eigenvalue weighted by Crippen LogP contribution is -2.12. The van der Waals surface area contributed by atoms with Crippen molar-refractivity contribution >= 4 is 27.3 Å². The molecule has 0 spiro atoms. The number of nitrogens with zero attached hydrogens (tertiary/aromatic N) is 2. The fourth-order valence-electron chi connectivity index (χ4n) is 1.72. The van der Waals surface area contributed by atoms with Gasteiger partial charge in [-0.25, -0.2) is 13.6 Å². The quantitative estimate of drug-likeness (QED) is 0.897. The molecule has 3 N–H and O–H groups in total. The second kappa shape index (κ2) is 5.43. The molecule has 0 radical (unpaired) electrons. The van der Waals surface area contributed by atoms with E-state index in [0.717, 1.165) is 11.3 Å². The van der Waals surface area contributed by atoms with Gasteiger partial charge in [-0.3, -0.25) is 4.68 Å². The van der Waals surface area contributed by atoms with E-state index in [1.807, 2.05) is 14.0 Å². The number of primary sulfonamides is 1. The van der Waals surface area contributed by atoms with E-state index in [4.69, 9.17) is 16.7 Å². The predicted molar refractivity (Wildman–Crippen MR) is 78.1 cm³/mol. The normalized spacial score (nSPS) is 11.6. The number of nitrogens with one attached hydrogen (secondary N) is 1. The lowest BCUT2D eigenvalue weighted by atomic mass is 10.2. The van der Waals surface area contributed by atoms with E-state index in [0.29, 0.717) is 17.3 Å². The molecule has 2 rings (SSSR count). The van der Waals surface area contributed by atoms with E-state index in [-0.39, 0.29) is 4.90 Å². The summed E-state index contributed by atoms with van der Waals surface area (Å²) in [5, 5.41) is 12.8. The minimum atomic E-state index is -3.74. The molecule has 0 aliphatic carbocycles. The zero-order chi connectivity index (χ0) is 14.9. The van der Waals surface area contributed by atoms with Gasteiger partial charge in [-0.15, -0.1) is 0 Å². The maximum absolute atomic E-state index is 11.3. The molecule has 1 aromatic carbocycles. The summed E-state index contributed by atoms with van der Waals surface area (Å²) < 4.78 is 24.4. The van der Waals surface area contributed by atoms with Crippen LogP contribution in [0.2, 0.25) is 5.02 Å². The number of anilines is 1. The van der Waals surface area contributed by atoms with Crippen molar-refractivity contribution in [2.75, 3.05) is 5.32 Å². The molecule has 1 heterocycles. The fraction of sp³-hybridized carbons (Fsp3) is 0.250.